The SMILES string of the molecule is C[C@@H](C(=O)Nc1cccc(S(=O)(=O)N2CCOCC2)c1)N1CCN(Cc2ccc(C#N)cc2)CC1. The van der Waals surface area contributed by atoms with Gasteiger partial charge in [0.25, 0.3) is 0 Å². The number of benzene rings is 2. The monoisotopic (exact) mass is 497 g/mol. The van der Waals surface area contributed by atoms with Crippen LogP contribution in [0.15, 0.2) is 53.4 Å². The predicted octanol–water partition coefficient (Wildman–Crippen LogP) is 1.72. The summed E-state index contributed by atoms with van der Waals surface area (Å²) in [7, 11) is -3.63. The van der Waals surface area contributed by atoms with Gasteiger partial charge in [0, 0.05) is 51.5 Å². The Kier molecular flexibility index (Phi) is 8.15. The van der Waals surface area contributed by atoms with Crippen molar-refractivity contribution in [1.29, 1.82) is 5.26 Å². The first-order valence-corrected chi connectivity index (χ1v) is 13.2. The van der Waals surface area contributed by atoms with Crippen molar-refractivity contribution in [3.63, 3.8) is 0 Å². The Hall–Kier alpha value is -2.81. The first kappa shape index (κ1) is 25.3. The number of sulfonamides is 1. The van der Waals surface area contributed by atoms with E-state index in [0.717, 1.165) is 38.3 Å². The number of ether oxygens (including phenoxy) is 1. The zero-order valence-electron chi connectivity index (χ0n) is 19.9. The number of morpholine rings is 1. The summed E-state index contributed by atoms with van der Waals surface area (Å²) in [5, 5.41) is 11.8. The summed E-state index contributed by atoms with van der Waals surface area (Å²) in [6, 6.07) is 15.8. The largest absolute Gasteiger partial charge is 0.379 e. The Morgan fingerprint density at radius 1 is 1.06 bits per heavy atom. The molecule has 0 unspecified atom stereocenters. The molecule has 2 aliphatic rings. The second-order valence-corrected chi connectivity index (χ2v) is 10.8. The van der Waals surface area contributed by atoms with E-state index < -0.39 is 10.0 Å². The van der Waals surface area contributed by atoms with Gasteiger partial charge in [-0.15, -0.1) is 0 Å². The molecule has 0 bridgehead atoms. The highest BCUT2D eigenvalue weighted by Crippen LogP contribution is 2.21. The number of carbonyl (C=O) groups excluding carboxylic acids is 1. The van der Waals surface area contributed by atoms with E-state index in [0.29, 0.717) is 37.6 Å². The van der Waals surface area contributed by atoms with E-state index in [2.05, 4.69) is 21.2 Å². The van der Waals surface area contributed by atoms with Crippen LogP contribution in [0.25, 0.3) is 0 Å². The lowest BCUT2D eigenvalue weighted by atomic mass is 10.1. The summed E-state index contributed by atoms with van der Waals surface area (Å²) in [5.41, 5.74) is 2.29. The number of carbonyl (C=O) groups is 1. The molecule has 2 fully saturated rings. The van der Waals surface area contributed by atoms with E-state index in [1.165, 1.54) is 10.4 Å². The molecule has 0 saturated carbocycles. The quantitative estimate of drug-likeness (QED) is 0.621. The van der Waals surface area contributed by atoms with E-state index in [1.807, 2.05) is 31.2 Å². The van der Waals surface area contributed by atoms with Crippen molar-refractivity contribution < 1.29 is 17.9 Å². The molecule has 186 valence electrons. The standard InChI is InChI=1S/C25H31N5O4S/c1-20(29-11-9-28(10-12-29)19-22-7-5-21(18-26)6-8-22)25(31)27-23-3-2-4-24(17-23)35(32,33)30-13-15-34-16-14-30/h2-8,17,20H,9-16,19H2,1H3,(H,27,31)/t20-/m0/s1. The molecule has 2 saturated heterocycles. The second kappa shape index (κ2) is 11.3. The smallest absolute Gasteiger partial charge is 0.243 e. The maximum Gasteiger partial charge on any atom is 0.243 e. The van der Waals surface area contributed by atoms with Crippen molar-refractivity contribution in [1.82, 2.24) is 14.1 Å². The molecule has 0 radical (unpaired) electrons. The molecule has 1 atom stereocenters. The van der Waals surface area contributed by atoms with E-state index >= 15 is 0 Å². The Balaban J connectivity index is 1.31. The van der Waals surface area contributed by atoms with Crippen LogP contribution in [0.4, 0.5) is 5.69 Å². The molecule has 9 nitrogen and oxygen atoms in total. The lowest BCUT2D eigenvalue weighted by Gasteiger charge is -2.37. The Bertz CT molecular complexity index is 1170. The van der Waals surface area contributed by atoms with Crippen molar-refractivity contribution in [2.75, 3.05) is 57.8 Å². The molecule has 35 heavy (non-hydrogen) atoms. The fourth-order valence-corrected chi connectivity index (χ4v) is 5.79. The van der Waals surface area contributed by atoms with Gasteiger partial charge in [0.2, 0.25) is 15.9 Å². The molecule has 10 heteroatoms. The van der Waals surface area contributed by atoms with Crippen LogP contribution in [0.5, 0.6) is 0 Å². The van der Waals surface area contributed by atoms with Crippen molar-refractivity contribution in [2.24, 2.45) is 0 Å². The highest BCUT2D eigenvalue weighted by Gasteiger charge is 2.28. The summed E-state index contributed by atoms with van der Waals surface area (Å²) in [5.74, 6) is -0.161. The zero-order chi connectivity index (χ0) is 24.8. The van der Waals surface area contributed by atoms with E-state index in [4.69, 9.17) is 10.00 Å². The van der Waals surface area contributed by atoms with Gasteiger partial charge < -0.3 is 10.1 Å². The number of amides is 1. The van der Waals surface area contributed by atoms with Crippen LogP contribution < -0.4 is 5.32 Å². The van der Waals surface area contributed by atoms with Gasteiger partial charge in [0.15, 0.2) is 0 Å². The van der Waals surface area contributed by atoms with Crippen LogP contribution in [0.3, 0.4) is 0 Å². The first-order valence-electron chi connectivity index (χ1n) is 11.8. The predicted molar refractivity (Wildman–Crippen MR) is 132 cm³/mol. The summed E-state index contributed by atoms with van der Waals surface area (Å²) in [6.07, 6.45) is 0. The minimum atomic E-state index is -3.63. The highest BCUT2D eigenvalue weighted by atomic mass is 32.2. The van der Waals surface area contributed by atoms with Gasteiger partial charge in [-0.3, -0.25) is 14.6 Å². The number of rotatable bonds is 7. The maximum absolute atomic E-state index is 12.9. The van der Waals surface area contributed by atoms with E-state index in [-0.39, 0.29) is 16.8 Å². The average molecular weight is 498 g/mol. The Morgan fingerprint density at radius 3 is 2.40 bits per heavy atom. The van der Waals surface area contributed by atoms with Crippen LogP contribution in [0.2, 0.25) is 0 Å². The van der Waals surface area contributed by atoms with E-state index in [9.17, 15) is 13.2 Å². The molecular formula is C25H31N5O4S. The van der Waals surface area contributed by atoms with Gasteiger partial charge in [-0.05, 0) is 42.8 Å². The lowest BCUT2D eigenvalue weighted by Crippen LogP contribution is -2.52. The fourth-order valence-electron chi connectivity index (χ4n) is 4.33. The molecule has 2 aromatic rings. The summed E-state index contributed by atoms with van der Waals surface area (Å²) in [6.45, 7) is 7.30. The number of piperazine rings is 1. The highest BCUT2D eigenvalue weighted by molar-refractivity contribution is 7.89. The Morgan fingerprint density at radius 2 is 1.74 bits per heavy atom. The maximum atomic E-state index is 12.9. The van der Waals surface area contributed by atoms with Gasteiger partial charge in [0.1, 0.15) is 0 Å². The normalized spacial score (nSPS) is 19.1. The number of nitrogens with one attached hydrogen (secondary N) is 1. The second-order valence-electron chi connectivity index (χ2n) is 8.83. The molecule has 1 N–H and O–H groups in total. The number of anilines is 1. The van der Waals surface area contributed by atoms with Crippen molar-refractivity contribution in [3.8, 4) is 6.07 Å². The minimum absolute atomic E-state index is 0.161. The topological polar surface area (TPSA) is 106 Å². The van der Waals surface area contributed by atoms with Gasteiger partial charge in [-0.25, -0.2) is 8.42 Å². The molecule has 1 amide bonds. The summed E-state index contributed by atoms with van der Waals surface area (Å²) in [4.78, 5) is 17.6. The van der Waals surface area contributed by atoms with Gasteiger partial charge in [-0.2, -0.15) is 9.57 Å². The number of hydrogen-bond acceptors (Lipinski definition) is 7. The van der Waals surface area contributed by atoms with E-state index in [1.54, 1.807) is 18.2 Å². The molecule has 0 spiro atoms. The molecule has 2 aromatic carbocycles. The molecule has 0 aliphatic carbocycles. The van der Waals surface area contributed by atoms with Crippen LogP contribution in [-0.4, -0.2) is 87.0 Å². The van der Waals surface area contributed by atoms with Gasteiger partial charge in [-0.1, -0.05) is 18.2 Å². The van der Waals surface area contributed by atoms with Crippen LogP contribution >= 0.6 is 0 Å². The van der Waals surface area contributed by atoms with Gasteiger partial charge in [0.05, 0.1) is 35.8 Å². The minimum Gasteiger partial charge on any atom is -0.379 e. The third-order valence-electron chi connectivity index (χ3n) is 6.53. The molecule has 2 aliphatic heterocycles. The van der Waals surface area contributed by atoms with Crippen molar-refractivity contribution >= 4 is 21.6 Å². The Labute approximate surface area is 206 Å². The van der Waals surface area contributed by atoms with Crippen LogP contribution in [0.1, 0.15) is 18.1 Å². The number of nitriles is 1. The third kappa shape index (κ3) is 6.25. The lowest BCUT2D eigenvalue weighted by molar-refractivity contribution is -0.121. The number of nitrogens with zero attached hydrogens (tertiary/aromatic N) is 4. The number of hydrogen-bond donors (Lipinski definition) is 1. The molecule has 2 heterocycles. The third-order valence-corrected chi connectivity index (χ3v) is 8.43. The zero-order valence-corrected chi connectivity index (χ0v) is 20.7. The first-order chi connectivity index (χ1) is 16.9. The van der Waals surface area contributed by atoms with Crippen LogP contribution in [-0.2, 0) is 26.1 Å². The summed E-state index contributed by atoms with van der Waals surface area (Å²) >= 11 is 0. The fraction of sp³-hybridized carbons (Fsp3) is 0.440. The molecular weight excluding hydrogens is 466 g/mol. The summed E-state index contributed by atoms with van der Waals surface area (Å²) < 4.78 is 32.5. The molecule has 0 aromatic heterocycles. The van der Waals surface area contributed by atoms with Gasteiger partial charge >= 0.3 is 0 Å². The van der Waals surface area contributed by atoms with Crippen molar-refractivity contribution in [3.05, 3.63) is 59.7 Å². The average Bonchev–Trinajstić information content (AvgIpc) is 2.90. The van der Waals surface area contributed by atoms with Crippen LogP contribution in [0, 0.1) is 11.3 Å². The molecule has 4 rings (SSSR count). The van der Waals surface area contributed by atoms with Crippen molar-refractivity contribution in [2.45, 2.75) is 24.4 Å².